The van der Waals surface area contributed by atoms with Crippen LogP contribution in [-0.4, -0.2) is 17.0 Å². The molecule has 1 aliphatic rings. The third kappa shape index (κ3) is 2.68. The summed E-state index contributed by atoms with van der Waals surface area (Å²) in [6.45, 7) is 5.69. The van der Waals surface area contributed by atoms with Crippen molar-refractivity contribution in [1.29, 1.82) is 0 Å². The quantitative estimate of drug-likeness (QED) is 0.688. The van der Waals surface area contributed by atoms with E-state index in [9.17, 15) is 9.90 Å². The fraction of sp³-hybridized carbons (Fsp3) is 0.750. The molecule has 0 saturated carbocycles. The average molecular weight is 196 g/mol. The Bertz CT molecular complexity index is 235. The number of aliphatic hydroxyl groups is 1. The molecule has 0 saturated heterocycles. The number of Topliss-reactive ketones (excluding diaryl/α,β-unsaturated/α-hetero) is 1. The van der Waals surface area contributed by atoms with Crippen molar-refractivity contribution in [2.24, 2.45) is 11.3 Å². The van der Waals surface area contributed by atoms with Crippen molar-refractivity contribution in [3.05, 3.63) is 12.2 Å². The van der Waals surface area contributed by atoms with Gasteiger partial charge in [0.25, 0.3) is 0 Å². The lowest BCUT2D eigenvalue weighted by atomic mass is 9.79. The van der Waals surface area contributed by atoms with Crippen LogP contribution < -0.4 is 0 Å². The molecule has 1 rings (SSSR count). The maximum atomic E-state index is 11.9. The Hall–Kier alpha value is -0.630. The van der Waals surface area contributed by atoms with E-state index in [1.807, 2.05) is 26.8 Å². The lowest BCUT2D eigenvalue weighted by Gasteiger charge is -2.28. The van der Waals surface area contributed by atoms with Crippen molar-refractivity contribution in [1.82, 2.24) is 0 Å². The molecule has 1 aliphatic carbocycles. The third-order valence-electron chi connectivity index (χ3n) is 2.76. The van der Waals surface area contributed by atoms with Crippen LogP contribution in [0.3, 0.4) is 0 Å². The first kappa shape index (κ1) is 11.4. The largest absolute Gasteiger partial charge is 0.385 e. The van der Waals surface area contributed by atoms with Crippen LogP contribution in [0.15, 0.2) is 12.2 Å². The molecule has 2 atom stereocenters. The number of aliphatic hydroxyl groups excluding tert-OH is 1. The van der Waals surface area contributed by atoms with Gasteiger partial charge in [-0.2, -0.15) is 0 Å². The fourth-order valence-corrected chi connectivity index (χ4v) is 1.70. The molecule has 0 spiro atoms. The Kier molecular flexibility index (Phi) is 3.48. The Morgan fingerprint density at radius 3 is 2.50 bits per heavy atom. The van der Waals surface area contributed by atoms with Gasteiger partial charge in [0.15, 0.2) is 5.78 Å². The lowest BCUT2D eigenvalue weighted by Crippen LogP contribution is -2.38. The van der Waals surface area contributed by atoms with Crippen LogP contribution in [0.1, 0.15) is 40.0 Å². The number of allylic oxidation sites excluding steroid dienone is 2. The van der Waals surface area contributed by atoms with Crippen LogP contribution in [-0.2, 0) is 4.79 Å². The normalized spacial score (nSPS) is 24.7. The Balaban J connectivity index is 2.60. The second-order valence-corrected chi connectivity index (χ2v) is 5.15. The summed E-state index contributed by atoms with van der Waals surface area (Å²) >= 11 is 0. The molecule has 0 amide bonds. The zero-order valence-electron chi connectivity index (χ0n) is 9.29. The number of carbonyl (C=O) groups is 1. The van der Waals surface area contributed by atoms with Crippen LogP contribution in [0.25, 0.3) is 0 Å². The van der Waals surface area contributed by atoms with Crippen LogP contribution in [0.2, 0.25) is 0 Å². The highest BCUT2D eigenvalue weighted by molar-refractivity contribution is 5.86. The minimum absolute atomic E-state index is 0.0156. The van der Waals surface area contributed by atoms with Gasteiger partial charge in [0.1, 0.15) is 6.10 Å². The van der Waals surface area contributed by atoms with E-state index in [-0.39, 0.29) is 17.1 Å². The average Bonchev–Trinajstić information content (AvgIpc) is 2.15. The zero-order valence-corrected chi connectivity index (χ0v) is 9.29. The summed E-state index contributed by atoms with van der Waals surface area (Å²) in [5.74, 6) is 0.0519. The molecule has 14 heavy (non-hydrogen) atoms. The molecule has 0 radical (unpaired) electrons. The molecule has 0 bridgehead atoms. The summed E-state index contributed by atoms with van der Waals surface area (Å²) in [5, 5.41) is 9.83. The second kappa shape index (κ2) is 4.26. The fourth-order valence-electron chi connectivity index (χ4n) is 1.70. The molecule has 0 unspecified atom stereocenters. The first-order valence-corrected chi connectivity index (χ1v) is 5.29. The van der Waals surface area contributed by atoms with Gasteiger partial charge < -0.3 is 5.11 Å². The molecule has 80 valence electrons. The number of ketones is 1. The van der Waals surface area contributed by atoms with Crippen LogP contribution in [0.4, 0.5) is 0 Å². The summed E-state index contributed by atoms with van der Waals surface area (Å²) in [6, 6.07) is 0. The highest BCUT2D eigenvalue weighted by atomic mass is 16.3. The van der Waals surface area contributed by atoms with Crippen LogP contribution in [0, 0.1) is 11.3 Å². The van der Waals surface area contributed by atoms with Gasteiger partial charge in [-0.15, -0.1) is 0 Å². The molecule has 0 fully saturated rings. The predicted molar refractivity (Wildman–Crippen MR) is 56.9 cm³/mol. The summed E-state index contributed by atoms with van der Waals surface area (Å²) in [4.78, 5) is 11.9. The molecule has 2 heteroatoms. The summed E-state index contributed by atoms with van der Waals surface area (Å²) in [6.07, 6.45) is 5.98. The molecule has 0 aromatic rings. The minimum atomic E-state index is -0.820. The van der Waals surface area contributed by atoms with Gasteiger partial charge in [0.05, 0.1) is 0 Å². The van der Waals surface area contributed by atoms with Crippen molar-refractivity contribution in [2.45, 2.75) is 46.1 Å². The number of carbonyl (C=O) groups excluding carboxylic acids is 1. The Morgan fingerprint density at radius 2 is 2.07 bits per heavy atom. The van der Waals surface area contributed by atoms with Gasteiger partial charge in [-0.3, -0.25) is 4.79 Å². The maximum absolute atomic E-state index is 11.9. The smallest absolute Gasteiger partial charge is 0.165 e. The van der Waals surface area contributed by atoms with E-state index in [4.69, 9.17) is 0 Å². The third-order valence-corrected chi connectivity index (χ3v) is 2.76. The molecule has 0 aromatic carbocycles. The van der Waals surface area contributed by atoms with Gasteiger partial charge >= 0.3 is 0 Å². The topological polar surface area (TPSA) is 37.3 Å². The summed E-state index contributed by atoms with van der Waals surface area (Å²) in [7, 11) is 0. The van der Waals surface area contributed by atoms with E-state index >= 15 is 0 Å². The number of rotatable bonds is 2. The number of hydrogen-bond donors (Lipinski definition) is 1. The first-order valence-electron chi connectivity index (χ1n) is 5.29. The van der Waals surface area contributed by atoms with Crippen LogP contribution >= 0.6 is 0 Å². The first-order chi connectivity index (χ1) is 6.43. The van der Waals surface area contributed by atoms with Crippen molar-refractivity contribution in [2.75, 3.05) is 0 Å². The van der Waals surface area contributed by atoms with E-state index in [0.717, 1.165) is 19.3 Å². The van der Waals surface area contributed by atoms with Crippen molar-refractivity contribution in [3.8, 4) is 0 Å². The van der Waals surface area contributed by atoms with Gasteiger partial charge in [-0.25, -0.2) is 0 Å². The molecule has 0 aliphatic heterocycles. The van der Waals surface area contributed by atoms with E-state index < -0.39 is 6.10 Å². The van der Waals surface area contributed by atoms with Crippen molar-refractivity contribution < 1.29 is 9.90 Å². The standard InChI is InChI=1S/C12H20O2/c1-12(2,3)11(14)10(13)9-7-5-4-6-8-9/h4-5,9,11,14H,6-8H2,1-3H3/t9-,11-/m1/s1. The Morgan fingerprint density at radius 1 is 1.43 bits per heavy atom. The molecule has 0 heterocycles. The lowest BCUT2D eigenvalue weighted by molar-refractivity contribution is -0.136. The van der Waals surface area contributed by atoms with Crippen molar-refractivity contribution in [3.63, 3.8) is 0 Å². The van der Waals surface area contributed by atoms with Crippen LogP contribution in [0.5, 0.6) is 0 Å². The Labute approximate surface area is 86.0 Å². The van der Waals surface area contributed by atoms with Gasteiger partial charge in [0.2, 0.25) is 0 Å². The van der Waals surface area contributed by atoms with Gasteiger partial charge in [-0.1, -0.05) is 32.9 Å². The van der Waals surface area contributed by atoms with E-state index in [2.05, 4.69) is 6.08 Å². The maximum Gasteiger partial charge on any atom is 0.165 e. The number of hydrogen-bond acceptors (Lipinski definition) is 2. The SMILES string of the molecule is CC(C)(C)[C@H](O)C(=O)[C@@H]1CC=CCC1. The monoisotopic (exact) mass is 196 g/mol. The highest BCUT2D eigenvalue weighted by Crippen LogP contribution is 2.27. The molecule has 2 nitrogen and oxygen atoms in total. The molecule has 0 aromatic heterocycles. The summed E-state index contributed by atoms with van der Waals surface area (Å²) < 4.78 is 0. The van der Waals surface area contributed by atoms with E-state index in [1.54, 1.807) is 0 Å². The van der Waals surface area contributed by atoms with E-state index in [0.29, 0.717) is 0 Å². The molecule has 1 N–H and O–H groups in total. The zero-order chi connectivity index (χ0) is 10.8. The van der Waals surface area contributed by atoms with E-state index in [1.165, 1.54) is 0 Å². The molecular weight excluding hydrogens is 176 g/mol. The molecular formula is C12H20O2. The van der Waals surface area contributed by atoms with Gasteiger partial charge in [0, 0.05) is 5.92 Å². The summed E-state index contributed by atoms with van der Waals surface area (Å²) in [5.41, 5.74) is -0.335. The minimum Gasteiger partial charge on any atom is -0.385 e. The predicted octanol–water partition coefficient (Wildman–Crippen LogP) is 2.32. The van der Waals surface area contributed by atoms with Gasteiger partial charge in [-0.05, 0) is 24.7 Å². The highest BCUT2D eigenvalue weighted by Gasteiger charge is 2.33. The van der Waals surface area contributed by atoms with Crippen molar-refractivity contribution >= 4 is 5.78 Å². The second-order valence-electron chi connectivity index (χ2n) is 5.15.